The monoisotopic (exact) mass is 358 g/mol. The molecule has 7 heteroatoms. The number of hydrogen-bond acceptors (Lipinski definition) is 2. The van der Waals surface area contributed by atoms with Crippen LogP contribution in [0.25, 0.3) is 0 Å². The lowest BCUT2D eigenvalue weighted by molar-refractivity contribution is -0.143. The van der Waals surface area contributed by atoms with Crippen LogP contribution in [-0.4, -0.2) is 35.1 Å². The number of likely N-dealkylation sites (tertiary alicyclic amines) is 1. The Morgan fingerprint density at radius 3 is 2.57 bits per heavy atom. The number of piperidine rings is 1. The Hall–Kier alpha value is -1.63. The minimum absolute atomic E-state index is 0.219. The first-order chi connectivity index (χ1) is 9.90. The molecular formula is C14H16BrFN2O3. The minimum Gasteiger partial charge on any atom is -0.481 e. The molecule has 5 nitrogen and oxygen atoms in total. The molecule has 0 aromatic heterocycles. The van der Waals surface area contributed by atoms with Crippen LogP contribution in [-0.2, 0) is 4.79 Å². The average molecular weight is 359 g/mol. The molecule has 0 saturated carbocycles. The van der Waals surface area contributed by atoms with Crippen molar-refractivity contribution in [3.05, 3.63) is 28.0 Å². The number of carbonyl (C=O) groups is 2. The Balaban J connectivity index is 2.03. The molecule has 0 spiro atoms. The molecule has 0 aliphatic carbocycles. The fourth-order valence-electron chi connectivity index (χ4n) is 2.32. The lowest BCUT2D eigenvalue weighted by Crippen LogP contribution is -2.42. The molecule has 21 heavy (non-hydrogen) atoms. The van der Waals surface area contributed by atoms with E-state index in [0.717, 1.165) is 5.56 Å². The van der Waals surface area contributed by atoms with Crippen LogP contribution in [0.3, 0.4) is 0 Å². The van der Waals surface area contributed by atoms with Gasteiger partial charge in [-0.2, -0.15) is 0 Å². The van der Waals surface area contributed by atoms with Gasteiger partial charge < -0.3 is 15.3 Å². The predicted molar refractivity (Wildman–Crippen MR) is 79.8 cm³/mol. The molecule has 0 atom stereocenters. The number of carboxylic acid groups (broad SMARTS) is 1. The Morgan fingerprint density at radius 2 is 2.00 bits per heavy atom. The highest BCUT2D eigenvalue weighted by molar-refractivity contribution is 9.10. The molecule has 2 amide bonds. The normalized spacial score (nSPS) is 15.9. The van der Waals surface area contributed by atoms with Crippen molar-refractivity contribution in [2.75, 3.05) is 18.4 Å². The number of rotatable bonds is 2. The van der Waals surface area contributed by atoms with Gasteiger partial charge in [-0.3, -0.25) is 4.79 Å². The molecule has 1 heterocycles. The number of aliphatic carboxylic acids is 1. The van der Waals surface area contributed by atoms with Crippen LogP contribution in [0, 0.1) is 18.7 Å². The van der Waals surface area contributed by atoms with E-state index in [4.69, 9.17) is 5.11 Å². The van der Waals surface area contributed by atoms with Gasteiger partial charge in [0, 0.05) is 13.1 Å². The number of nitrogens with zero attached hydrogens (tertiary/aromatic N) is 1. The lowest BCUT2D eigenvalue weighted by Gasteiger charge is -2.30. The van der Waals surface area contributed by atoms with Crippen molar-refractivity contribution in [1.82, 2.24) is 4.90 Å². The SMILES string of the molecule is Cc1ccc(F)c(Br)c1NC(=O)N1CCC(C(=O)O)CC1. The third kappa shape index (κ3) is 3.53. The van der Waals surface area contributed by atoms with Gasteiger partial charge in [0.1, 0.15) is 5.82 Å². The van der Waals surface area contributed by atoms with Crippen molar-refractivity contribution in [1.29, 1.82) is 0 Å². The second-order valence-electron chi connectivity index (χ2n) is 5.08. The van der Waals surface area contributed by atoms with Gasteiger partial charge in [0.25, 0.3) is 0 Å². The number of anilines is 1. The quantitative estimate of drug-likeness (QED) is 0.852. The van der Waals surface area contributed by atoms with E-state index in [1.54, 1.807) is 17.9 Å². The van der Waals surface area contributed by atoms with Crippen molar-refractivity contribution >= 4 is 33.6 Å². The van der Waals surface area contributed by atoms with Crippen LogP contribution in [0.15, 0.2) is 16.6 Å². The summed E-state index contributed by atoms with van der Waals surface area (Å²) in [5, 5.41) is 11.6. The molecule has 1 aliphatic rings. The number of halogens is 2. The third-order valence-corrected chi connectivity index (χ3v) is 4.44. The van der Waals surface area contributed by atoms with E-state index in [0.29, 0.717) is 31.6 Å². The van der Waals surface area contributed by atoms with Crippen molar-refractivity contribution in [2.24, 2.45) is 5.92 Å². The van der Waals surface area contributed by atoms with E-state index in [2.05, 4.69) is 21.2 Å². The number of carboxylic acids is 1. The van der Waals surface area contributed by atoms with E-state index >= 15 is 0 Å². The number of aryl methyl sites for hydroxylation is 1. The molecule has 1 aromatic rings. The molecule has 2 N–H and O–H groups in total. The topological polar surface area (TPSA) is 69.6 Å². The van der Waals surface area contributed by atoms with Gasteiger partial charge in [-0.1, -0.05) is 6.07 Å². The van der Waals surface area contributed by atoms with Crippen LogP contribution in [0.4, 0.5) is 14.9 Å². The van der Waals surface area contributed by atoms with Gasteiger partial charge in [0.2, 0.25) is 0 Å². The zero-order chi connectivity index (χ0) is 15.6. The molecule has 1 aliphatic heterocycles. The van der Waals surface area contributed by atoms with E-state index in [1.165, 1.54) is 6.07 Å². The minimum atomic E-state index is -0.821. The van der Waals surface area contributed by atoms with Gasteiger partial charge >= 0.3 is 12.0 Å². The summed E-state index contributed by atoms with van der Waals surface area (Å²) in [6, 6.07) is 2.58. The fraction of sp³-hybridized carbons (Fsp3) is 0.429. The molecular weight excluding hydrogens is 343 g/mol. The van der Waals surface area contributed by atoms with Gasteiger partial charge in [0.15, 0.2) is 0 Å². The van der Waals surface area contributed by atoms with Crippen LogP contribution >= 0.6 is 15.9 Å². The summed E-state index contributed by atoms with van der Waals surface area (Å²) in [5.41, 5.74) is 1.15. The standard InChI is InChI=1S/C14H16BrFN2O3/c1-8-2-3-10(16)11(15)12(8)17-14(21)18-6-4-9(5-7-18)13(19)20/h2-3,9H,4-7H2,1H3,(H,17,21)(H,19,20). The number of urea groups is 1. The van der Waals surface area contributed by atoms with Crippen molar-refractivity contribution in [3.8, 4) is 0 Å². The van der Waals surface area contributed by atoms with Crippen LogP contribution in [0.2, 0.25) is 0 Å². The average Bonchev–Trinajstić information content (AvgIpc) is 2.47. The number of amides is 2. The molecule has 0 unspecified atom stereocenters. The lowest BCUT2D eigenvalue weighted by atomic mass is 9.97. The summed E-state index contributed by atoms with van der Waals surface area (Å²) >= 11 is 3.13. The highest BCUT2D eigenvalue weighted by Gasteiger charge is 2.27. The fourth-order valence-corrected chi connectivity index (χ4v) is 2.86. The summed E-state index contributed by atoms with van der Waals surface area (Å²) in [5.74, 6) is -1.66. The molecule has 1 fully saturated rings. The van der Waals surface area contributed by atoms with Crippen LogP contribution < -0.4 is 5.32 Å². The highest BCUT2D eigenvalue weighted by Crippen LogP contribution is 2.29. The van der Waals surface area contributed by atoms with Gasteiger partial charge in [0.05, 0.1) is 16.1 Å². The zero-order valence-corrected chi connectivity index (χ0v) is 13.1. The number of carbonyl (C=O) groups excluding carboxylic acids is 1. The largest absolute Gasteiger partial charge is 0.481 e. The number of benzene rings is 1. The van der Waals surface area contributed by atoms with Crippen molar-refractivity contribution in [2.45, 2.75) is 19.8 Å². The summed E-state index contributed by atoms with van der Waals surface area (Å²) in [6.45, 7) is 2.54. The third-order valence-electron chi connectivity index (χ3n) is 3.67. The van der Waals surface area contributed by atoms with Crippen molar-refractivity contribution < 1.29 is 19.1 Å². The molecule has 1 saturated heterocycles. The summed E-state index contributed by atoms with van der Waals surface area (Å²) in [6.07, 6.45) is 0.873. The molecule has 2 rings (SSSR count). The first-order valence-electron chi connectivity index (χ1n) is 6.63. The van der Waals surface area contributed by atoms with E-state index < -0.39 is 17.7 Å². The van der Waals surface area contributed by atoms with Crippen LogP contribution in [0.5, 0.6) is 0 Å². The predicted octanol–water partition coefficient (Wildman–Crippen LogP) is 3.23. The summed E-state index contributed by atoms with van der Waals surface area (Å²) < 4.78 is 13.7. The first-order valence-corrected chi connectivity index (χ1v) is 7.42. The zero-order valence-electron chi connectivity index (χ0n) is 11.5. The molecule has 0 radical (unpaired) electrons. The first kappa shape index (κ1) is 15.8. The second kappa shape index (κ2) is 6.43. The number of nitrogens with one attached hydrogen (secondary N) is 1. The maximum absolute atomic E-state index is 13.5. The maximum atomic E-state index is 13.5. The second-order valence-corrected chi connectivity index (χ2v) is 5.88. The van der Waals surface area contributed by atoms with E-state index in [9.17, 15) is 14.0 Å². The summed E-state index contributed by atoms with van der Waals surface area (Å²) in [7, 11) is 0. The van der Waals surface area contributed by atoms with Crippen LogP contribution in [0.1, 0.15) is 18.4 Å². The molecule has 0 bridgehead atoms. The maximum Gasteiger partial charge on any atom is 0.321 e. The number of hydrogen-bond donors (Lipinski definition) is 2. The van der Waals surface area contributed by atoms with E-state index in [1.807, 2.05) is 0 Å². The molecule has 114 valence electrons. The van der Waals surface area contributed by atoms with Gasteiger partial charge in [-0.25, -0.2) is 9.18 Å². The van der Waals surface area contributed by atoms with E-state index in [-0.39, 0.29) is 10.5 Å². The Morgan fingerprint density at radius 1 is 1.38 bits per heavy atom. The highest BCUT2D eigenvalue weighted by atomic mass is 79.9. The Bertz CT molecular complexity index is 572. The molecule has 1 aromatic carbocycles. The van der Waals surface area contributed by atoms with Crippen molar-refractivity contribution in [3.63, 3.8) is 0 Å². The smallest absolute Gasteiger partial charge is 0.321 e. The summed E-state index contributed by atoms with van der Waals surface area (Å²) in [4.78, 5) is 24.6. The van der Waals surface area contributed by atoms with Gasteiger partial charge in [-0.05, 0) is 47.3 Å². The Kier molecular flexibility index (Phi) is 4.82. The van der Waals surface area contributed by atoms with Gasteiger partial charge in [-0.15, -0.1) is 0 Å². The Labute approximate surface area is 130 Å².